The van der Waals surface area contributed by atoms with Crippen molar-refractivity contribution in [2.24, 2.45) is 0 Å². The zero-order valence-electron chi connectivity index (χ0n) is 9.51. The highest BCUT2D eigenvalue weighted by Crippen LogP contribution is 2.26. The molecule has 0 radical (unpaired) electrons. The molecule has 1 aliphatic heterocycles. The number of aromatic nitrogens is 2. The van der Waals surface area contributed by atoms with Crippen LogP contribution in [0.5, 0.6) is 0 Å². The van der Waals surface area contributed by atoms with Gasteiger partial charge in [0.2, 0.25) is 0 Å². The first-order valence-electron chi connectivity index (χ1n) is 5.44. The maximum atomic E-state index is 10.6. The maximum Gasteiger partial charge on any atom is 0.317 e. The number of hydrogen-bond donors (Lipinski definition) is 1. The third-order valence-corrected chi connectivity index (χ3v) is 3.23. The lowest BCUT2D eigenvalue weighted by Gasteiger charge is -2.35. The predicted molar refractivity (Wildman–Crippen MR) is 68.3 cm³/mol. The predicted octanol–water partition coefficient (Wildman–Crippen LogP) is 0.990. The van der Waals surface area contributed by atoms with Crippen LogP contribution < -0.4 is 4.90 Å². The number of piperazine rings is 1. The molecule has 2 rings (SSSR count). The number of aliphatic carboxylic acids is 1. The molecule has 8 heteroatoms. The Hall–Kier alpha value is -1.11. The lowest BCUT2D eigenvalue weighted by Crippen LogP contribution is -2.48. The molecule has 1 N–H and O–H groups in total. The molecule has 1 saturated heterocycles. The van der Waals surface area contributed by atoms with Crippen molar-refractivity contribution in [2.45, 2.75) is 0 Å². The van der Waals surface area contributed by atoms with Crippen LogP contribution in [0.3, 0.4) is 0 Å². The van der Waals surface area contributed by atoms with Crippen molar-refractivity contribution in [2.75, 3.05) is 37.6 Å². The van der Waals surface area contributed by atoms with E-state index in [1.807, 2.05) is 9.80 Å². The summed E-state index contributed by atoms with van der Waals surface area (Å²) < 4.78 is 0. The molecule has 0 saturated carbocycles. The van der Waals surface area contributed by atoms with Gasteiger partial charge < -0.3 is 10.0 Å². The quantitative estimate of drug-likeness (QED) is 0.895. The Bertz CT molecular complexity index is 450. The Morgan fingerprint density at radius 1 is 1.28 bits per heavy atom. The van der Waals surface area contributed by atoms with E-state index in [0.29, 0.717) is 36.5 Å². The number of nitrogens with zero attached hydrogens (tertiary/aromatic N) is 4. The van der Waals surface area contributed by atoms with Crippen molar-refractivity contribution < 1.29 is 9.90 Å². The standard InChI is InChI=1S/C10H12Cl2N4O2/c11-8-5-7(10(12)14-13-8)16-3-1-15(2-4-16)6-9(17)18/h5H,1-4,6H2,(H,17,18). The molecule has 2 heterocycles. The van der Waals surface area contributed by atoms with Gasteiger partial charge in [0.15, 0.2) is 10.3 Å². The van der Waals surface area contributed by atoms with Gasteiger partial charge in [-0.3, -0.25) is 9.69 Å². The van der Waals surface area contributed by atoms with Crippen molar-refractivity contribution in [3.63, 3.8) is 0 Å². The first-order valence-corrected chi connectivity index (χ1v) is 6.19. The van der Waals surface area contributed by atoms with E-state index < -0.39 is 5.97 Å². The second kappa shape index (κ2) is 5.69. The van der Waals surface area contributed by atoms with E-state index in [9.17, 15) is 4.79 Å². The number of rotatable bonds is 3. The summed E-state index contributed by atoms with van der Waals surface area (Å²) in [5.41, 5.74) is 0.742. The van der Waals surface area contributed by atoms with Gasteiger partial charge in [-0.25, -0.2) is 0 Å². The third-order valence-electron chi connectivity index (χ3n) is 2.77. The van der Waals surface area contributed by atoms with Crippen LogP contribution in [0, 0.1) is 0 Å². The monoisotopic (exact) mass is 290 g/mol. The van der Waals surface area contributed by atoms with Gasteiger partial charge in [-0.05, 0) is 0 Å². The number of anilines is 1. The number of carboxylic acid groups (broad SMARTS) is 1. The van der Waals surface area contributed by atoms with Crippen LogP contribution in [0.2, 0.25) is 10.3 Å². The molecule has 1 aliphatic rings. The summed E-state index contributed by atoms with van der Waals surface area (Å²) in [5.74, 6) is -0.810. The SMILES string of the molecule is O=C(O)CN1CCN(c2cc(Cl)nnc2Cl)CC1. The largest absolute Gasteiger partial charge is 0.480 e. The highest BCUT2D eigenvalue weighted by atomic mass is 35.5. The first-order chi connectivity index (χ1) is 8.56. The van der Waals surface area contributed by atoms with Gasteiger partial charge in [-0.2, -0.15) is 0 Å². The number of halogens is 2. The molecule has 0 aromatic carbocycles. The van der Waals surface area contributed by atoms with Crippen molar-refractivity contribution in [3.05, 3.63) is 16.4 Å². The highest BCUT2D eigenvalue weighted by molar-refractivity contribution is 6.33. The molecule has 0 atom stereocenters. The average molecular weight is 291 g/mol. The number of hydrogen-bond acceptors (Lipinski definition) is 5. The van der Waals surface area contributed by atoms with Crippen LogP contribution in [0.25, 0.3) is 0 Å². The fraction of sp³-hybridized carbons (Fsp3) is 0.500. The molecule has 1 fully saturated rings. The molecule has 0 aliphatic carbocycles. The summed E-state index contributed by atoms with van der Waals surface area (Å²) in [5, 5.41) is 16.7. The molecule has 0 unspecified atom stereocenters. The molecule has 0 spiro atoms. The molecule has 0 bridgehead atoms. The van der Waals surface area contributed by atoms with Crippen LogP contribution in [0.4, 0.5) is 5.69 Å². The van der Waals surface area contributed by atoms with Gasteiger partial charge in [0, 0.05) is 32.2 Å². The Labute approximate surface area is 114 Å². The van der Waals surface area contributed by atoms with Gasteiger partial charge in [0.05, 0.1) is 12.2 Å². The van der Waals surface area contributed by atoms with E-state index in [1.54, 1.807) is 6.07 Å². The number of carboxylic acids is 1. The molecule has 1 aromatic heterocycles. The fourth-order valence-corrected chi connectivity index (χ4v) is 2.26. The van der Waals surface area contributed by atoms with Crippen molar-refractivity contribution in [3.8, 4) is 0 Å². The Kier molecular flexibility index (Phi) is 4.21. The van der Waals surface area contributed by atoms with Gasteiger partial charge in [0.25, 0.3) is 0 Å². The zero-order valence-corrected chi connectivity index (χ0v) is 11.0. The summed E-state index contributed by atoms with van der Waals surface area (Å²) in [6.07, 6.45) is 0. The van der Waals surface area contributed by atoms with E-state index in [2.05, 4.69) is 10.2 Å². The molecule has 6 nitrogen and oxygen atoms in total. The minimum Gasteiger partial charge on any atom is -0.480 e. The van der Waals surface area contributed by atoms with Crippen molar-refractivity contribution in [1.29, 1.82) is 0 Å². The summed E-state index contributed by atoms with van der Waals surface area (Å²) in [7, 11) is 0. The summed E-state index contributed by atoms with van der Waals surface area (Å²) in [6, 6.07) is 1.67. The van der Waals surface area contributed by atoms with E-state index in [0.717, 1.165) is 5.69 Å². The Morgan fingerprint density at radius 2 is 1.94 bits per heavy atom. The van der Waals surface area contributed by atoms with Crippen LogP contribution in [-0.4, -0.2) is 58.9 Å². The van der Waals surface area contributed by atoms with Gasteiger partial charge in [-0.1, -0.05) is 23.2 Å². The molecule has 0 amide bonds. The number of carbonyl (C=O) groups is 1. The molecule has 18 heavy (non-hydrogen) atoms. The second-order valence-corrected chi connectivity index (χ2v) is 4.75. The normalized spacial score (nSPS) is 16.9. The third kappa shape index (κ3) is 3.22. The average Bonchev–Trinajstić information content (AvgIpc) is 2.33. The minimum absolute atomic E-state index is 0.0664. The van der Waals surface area contributed by atoms with E-state index in [-0.39, 0.29) is 6.54 Å². The molecule has 1 aromatic rings. The first kappa shape index (κ1) is 13.3. The van der Waals surface area contributed by atoms with Crippen molar-refractivity contribution >= 4 is 34.9 Å². The fourth-order valence-electron chi connectivity index (χ4n) is 1.90. The van der Waals surface area contributed by atoms with Crippen LogP contribution in [0.15, 0.2) is 6.07 Å². The lowest BCUT2D eigenvalue weighted by atomic mass is 10.3. The molecular formula is C10H12Cl2N4O2. The van der Waals surface area contributed by atoms with E-state index in [1.165, 1.54) is 0 Å². The Balaban J connectivity index is 2.01. The summed E-state index contributed by atoms with van der Waals surface area (Å²) >= 11 is 11.8. The van der Waals surface area contributed by atoms with Crippen molar-refractivity contribution in [1.82, 2.24) is 15.1 Å². The Morgan fingerprint density at radius 3 is 2.56 bits per heavy atom. The van der Waals surface area contributed by atoms with E-state index >= 15 is 0 Å². The van der Waals surface area contributed by atoms with Crippen LogP contribution >= 0.6 is 23.2 Å². The van der Waals surface area contributed by atoms with Crippen LogP contribution in [0.1, 0.15) is 0 Å². The molecular weight excluding hydrogens is 279 g/mol. The second-order valence-electron chi connectivity index (χ2n) is 4.00. The zero-order chi connectivity index (χ0) is 13.1. The lowest BCUT2D eigenvalue weighted by molar-refractivity contribution is -0.138. The maximum absolute atomic E-state index is 10.6. The van der Waals surface area contributed by atoms with Gasteiger partial charge in [-0.15, -0.1) is 10.2 Å². The van der Waals surface area contributed by atoms with Crippen LogP contribution in [-0.2, 0) is 4.79 Å². The topological polar surface area (TPSA) is 69.6 Å². The summed E-state index contributed by atoms with van der Waals surface area (Å²) in [4.78, 5) is 14.5. The summed E-state index contributed by atoms with van der Waals surface area (Å²) in [6.45, 7) is 2.78. The highest BCUT2D eigenvalue weighted by Gasteiger charge is 2.21. The minimum atomic E-state index is -0.810. The smallest absolute Gasteiger partial charge is 0.317 e. The van der Waals surface area contributed by atoms with Gasteiger partial charge in [0.1, 0.15) is 0 Å². The van der Waals surface area contributed by atoms with E-state index in [4.69, 9.17) is 28.3 Å². The van der Waals surface area contributed by atoms with Gasteiger partial charge >= 0.3 is 5.97 Å². The molecule has 98 valence electrons.